The summed E-state index contributed by atoms with van der Waals surface area (Å²) in [4.78, 5) is 4.32. The van der Waals surface area contributed by atoms with Gasteiger partial charge in [-0.25, -0.2) is 9.37 Å². The first kappa shape index (κ1) is 14.3. The van der Waals surface area contributed by atoms with Crippen molar-refractivity contribution in [3.63, 3.8) is 0 Å². The number of para-hydroxylation sites is 1. The third-order valence-corrected chi connectivity index (χ3v) is 4.08. The molecule has 4 nitrogen and oxygen atoms in total. The molecule has 0 radical (unpaired) electrons. The second-order valence-electron chi connectivity index (χ2n) is 4.62. The van der Waals surface area contributed by atoms with Crippen LogP contribution in [-0.2, 0) is 11.3 Å². The summed E-state index contributed by atoms with van der Waals surface area (Å²) >= 11 is 1.94. The van der Waals surface area contributed by atoms with Crippen molar-refractivity contribution in [1.29, 1.82) is 0 Å². The minimum absolute atomic E-state index is 0.284. The number of nitrogen functional groups attached to an aromatic ring is 1. The third-order valence-electron chi connectivity index (χ3n) is 3.25. The Hall–Kier alpha value is -1.67. The minimum Gasteiger partial charge on any atom is -0.380 e. The van der Waals surface area contributed by atoms with Gasteiger partial charge in [0.1, 0.15) is 5.82 Å². The summed E-state index contributed by atoms with van der Waals surface area (Å²) in [5.74, 6) is 0.0448. The highest BCUT2D eigenvalue weighted by Crippen LogP contribution is 2.28. The van der Waals surface area contributed by atoms with Crippen LogP contribution in [0.5, 0.6) is 0 Å². The van der Waals surface area contributed by atoms with Crippen LogP contribution in [0.2, 0.25) is 0 Å². The van der Waals surface area contributed by atoms with E-state index in [9.17, 15) is 4.39 Å². The zero-order valence-corrected chi connectivity index (χ0v) is 13.5. The average Bonchev–Trinajstić information content (AvgIpc) is 2.76. The predicted octanol–water partition coefficient (Wildman–Crippen LogP) is 3.50. The lowest BCUT2D eigenvalue weighted by Crippen LogP contribution is -2.04. The van der Waals surface area contributed by atoms with E-state index in [1.165, 1.54) is 6.07 Å². The van der Waals surface area contributed by atoms with Crippen molar-refractivity contribution in [1.82, 2.24) is 9.55 Å². The number of aromatic nitrogens is 2. The molecule has 2 N–H and O–H groups in total. The van der Waals surface area contributed by atoms with E-state index in [4.69, 9.17) is 10.5 Å². The van der Waals surface area contributed by atoms with Gasteiger partial charge in [0.05, 0.1) is 26.9 Å². The Morgan fingerprint density at radius 3 is 2.86 bits per heavy atom. The molecule has 0 aliphatic heterocycles. The Balaban J connectivity index is 2.30. The van der Waals surface area contributed by atoms with E-state index in [2.05, 4.69) is 4.98 Å². The fraction of sp³-hybridized carbons (Fsp3) is 0.133. The molecule has 0 fully saturated rings. The van der Waals surface area contributed by atoms with Crippen molar-refractivity contribution in [2.45, 2.75) is 6.61 Å². The van der Waals surface area contributed by atoms with Crippen LogP contribution in [-0.4, -0.2) is 16.7 Å². The van der Waals surface area contributed by atoms with Crippen molar-refractivity contribution >= 4 is 39.6 Å². The lowest BCUT2D eigenvalue weighted by Gasteiger charge is -2.12. The first-order chi connectivity index (χ1) is 10.1. The fourth-order valence-electron chi connectivity index (χ4n) is 2.35. The Morgan fingerprint density at radius 1 is 1.33 bits per heavy atom. The van der Waals surface area contributed by atoms with Gasteiger partial charge in [-0.1, -0.05) is 18.2 Å². The number of nitrogens with zero attached hydrogens (tertiary/aromatic N) is 2. The molecule has 3 rings (SSSR count). The van der Waals surface area contributed by atoms with Crippen LogP contribution >= 0.6 is 22.6 Å². The van der Waals surface area contributed by atoms with Gasteiger partial charge in [-0.2, -0.15) is 0 Å². The molecule has 0 saturated heterocycles. The second kappa shape index (κ2) is 5.61. The van der Waals surface area contributed by atoms with E-state index in [1.807, 2.05) is 46.9 Å². The average molecular weight is 397 g/mol. The van der Waals surface area contributed by atoms with Gasteiger partial charge in [-0.15, -0.1) is 0 Å². The highest BCUT2D eigenvalue weighted by atomic mass is 127. The maximum Gasteiger partial charge on any atom is 0.205 e. The van der Waals surface area contributed by atoms with Gasteiger partial charge >= 0.3 is 0 Å². The van der Waals surface area contributed by atoms with E-state index < -0.39 is 0 Å². The number of methoxy groups -OCH3 is 1. The zero-order valence-electron chi connectivity index (χ0n) is 11.3. The molecular formula is C15H13FIN3O. The van der Waals surface area contributed by atoms with E-state index in [1.54, 1.807) is 17.7 Å². The molecule has 0 unspecified atom stereocenters. The molecule has 0 aliphatic carbocycles. The van der Waals surface area contributed by atoms with Crippen LogP contribution < -0.4 is 5.73 Å². The summed E-state index contributed by atoms with van der Waals surface area (Å²) in [5, 5.41) is 0. The number of imidazole rings is 1. The molecule has 3 aromatic rings. The normalized spacial score (nSPS) is 11.2. The van der Waals surface area contributed by atoms with Crippen molar-refractivity contribution in [2.24, 2.45) is 0 Å². The van der Waals surface area contributed by atoms with Gasteiger partial charge < -0.3 is 10.5 Å². The monoisotopic (exact) mass is 397 g/mol. The predicted molar refractivity (Wildman–Crippen MR) is 88.9 cm³/mol. The van der Waals surface area contributed by atoms with Crippen LogP contribution in [0.4, 0.5) is 10.3 Å². The van der Waals surface area contributed by atoms with Crippen molar-refractivity contribution in [3.8, 4) is 5.69 Å². The van der Waals surface area contributed by atoms with Crippen molar-refractivity contribution < 1.29 is 9.13 Å². The summed E-state index contributed by atoms with van der Waals surface area (Å²) in [6.45, 7) is 0.447. The van der Waals surface area contributed by atoms with Crippen molar-refractivity contribution in [3.05, 3.63) is 51.3 Å². The van der Waals surface area contributed by atoms with Gasteiger partial charge in [0.15, 0.2) is 0 Å². The number of rotatable bonds is 3. The number of hydrogen-bond acceptors (Lipinski definition) is 3. The smallest absolute Gasteiger partial charge is 0.205 e. The molecule has 0 spiro atoms. The van der Waals surface area contributed by atoms with Crippen LogP contribution in [0.3, 0.4) is 0 Å². The highest BCUT2D eigenvalue weighted by Gasteiger charge is 2.15. The largest absolute Gasteiger partial charge is 0.380 e. The SMILES string of the molecule is COCc1ccccc1-n1c(N)nc2cc(I)c(F)cc21. The molecule has 1 heterocycles. The van der Waals surface area contributed by atoms with Crippen molar-refractivity contribution in [2.75, 3.05) is 12.8 Å². The molecule has 6 heteroatoms. The van der Waals surface area contributed by atoms with Crippen LogP contribution in [0, 0.1) is 9.39 Å². The van der Waals surface area contributed by atoms with Gasteiger partial charge in [0.2, 0.25) is 5.95 Å². The van der Waals surface area contributed by atoms with E-state index in [-0.39, 0.29) is 5.82 Å². The topological polar surface area (TPSA) is 53.1 Å². The number of hydrogen-bond donors (Lipinski definition) is 1. The van der Waals surface area contributed by atoms with Crippen LogP contribution in [0.15, 0.2) is 36.4 Å². The molecule has 0 saturated carbocycles. The standard InChI is InChI=1S/C15H13FIN3O/c1-21-8-9-4-2-3-5-13(9)20-14-6-10(16)11(17)7-12(14)19-15(20)18/h2-7H,8H2,1H3,(H2,18,19). The molecule has 108 valence electrons. The second-order valence-corrected chi connectivity index (χ2v) is 5.78. The van der Waals surface area contributed by atoms with Gasteiger partial charge in [0, 0.05) is 18.7 Å². The first-order valence-corrected chi connectivity index (χ1v) is 7.40. The molecule has 1 aromatic heterocycles. The Morgan fingerprint density at radius 2 is 2.10 bits per heavy atom. The fourth-order valence-corrected chi connectivity index (χ4v) is 2.80. The quantitative estimate of drug-likeness (QED) is 0.689. The number of benzene rings is 2. The van der Waals surface area contributed by atoms with Gasteiger partial charge in [-0.3, -0.25) is 4.57 Å². The molecule has 0 atom stereocenters. The highest BCUT2D eigenvalue weighted by molar-refractivity contribution is 14.1. The van der Waals surface area contributed by atoms with E-state index in [0.29, 0.717) is 27.2 Å². The van der Waals surface area contributed by atoms with Gasteiger partial charge in [0.25, 0.3) is 0 Å². The number of fused-ring (bicyclic) bond motifs is 1. The van der Waals surface area contributed by atoms with E-state index in [0.717, 1.165) is 11.3 Å². The molecule has 2 aromatic carbocycles. The summed E-state index contributed by atoms with van der Waals surface area (Å²) in [5.41, 5.74) is 9.17. The summed E-state index contributed by atoms with van der Waals surface area (Å²) < 4.78 is 21.4. The maximum absolute atomic E-state index is 13.9. The number of anilines is 1. The van der Waals surface area contributed by atoms with Crippen LogP contribution in [0.25, 0.3) is 16.7 Å². The molecule has 21 heavy (non-hydrogen) atoms. The Kier molecular flexibility index (Phi) is 3.81. The lowest BCUT2D eigenvalue weighted by molar-refractivity contribution is 0.185. The minimum atomic E-state index is -0.284. The number of ether oxygens (including phenoxy) is 1. The lowest BCUT2D eigenvalue weighted by atomic mass is 10.2. The molecule has 0 aliphatic rings. The molecule has 0 bridgehead atoms. The molecular weight excluding hydrogens is 384 g/mol. The van der Waals surface area contributed by atoms with Crippen LogP contribution in [0.1, 0.15) is 5.56 Å². The number of halogens is 2. The van der Waals surface area contributed by atoms with Gasteiger partial charge in [-0.05, 0) is 34.7 Å². The van der Waals surface area contributed by atoms with E-state index >= 15 is 0 Å². The summed E-state index contributed by atoms with van der Waals surface area (Å²) in [6.07, 6.45) is 0. The third kappa shape index (κ3) is 2.49. The number of nitrogens with two attached hydrogens (primary N) is 1. The maximum atomic E-state index is 13.9. The summed E-state index contributed by atoms with van der Waals surface area (Å²) in [7, 11) is 1.63. The Labute approximate surface area is 134 Å². The molecule has 0 amide bonds. The Bertz CT molecular complexity index is 816. The zero-order chi connectivity index (χ0) is 15.0. The first-order valence-electron chi connectivity index (χ1n) is 6.32. The summed E-state index contributed by atoms with van der Waals surface area (Å²) in [6, 6.07) is 10.9.